The highest BCUT2D eigenvalue weighted by Gasteiger charge is 2.34. The third kappa shape index (κ3) is 1.80. The van der Waals surface area contributed by atoms with Crippen molar-refractivity contribution in [1.82, 2.24) is 15.4 Å². The summed E-state index contributed by atoms with van der Waals surface area (Å²) in [5.74, 6) is 0. The quantitative estimate of drug-likeness (QED) is 0.731. The fourth-order valence-corrected chi connectivity index (χ4v) is 1.13. The van der Waals surface area contributed by atoms with Gasteiger partial charge in [-0.1, -0.05) is 0 Å². The summed E-state index contributed by atoms with van der Waals surface area (Å²) in [5, 5.41) is 6.51. The smallest absolute Gasteiger partial charge is 0.345 e. The van der Waals surface area contributed by atoms with Crippen molar-refractivity contribution in [2.75, 3.05) is 0 Å². The van der Waals surface area contributed by atoms with Gasteiger partial charge >= 0.3 is 6.18 Å². The maximum absolute atomic E-state index is 12.5. The number of rotatable bonds is 1. The standard InChI is InChI=1S/C8H4F3N3O/c9-8(10,11)6-1-2-12-3-5(6)7-4-15-14-13-7/h1-4H. The summed E-state index contributed by atoms with van der Waals surface area (Å²) in [6, 6.07) is 0.879. The van der Waals surface area contributed by atoms with Gasteiger partial charge in [0.25, 0.3) is 0 Å². The molecule has 2 aromatic heterocycles. The third-order valence-corrected chi connectivity index (χ3v) is 1.76. The second kappa shape index (κ2) is 3.34. The molecule has 78 valence electrons. The highest BCUT2D eigenvalue weighted by atomic mass is 19.4. The lowest BCUT2D eigenvalue weighted by Gasteiger charge is -2.09. The van der Waals surface area contributed by atoms with Crippen LogP contribution in [0.1, 0.15) is 5.56 Å². The van der Waals surface area contributed by atoms with E-state index in [4.69, 9.17) is 0 Å². The van der Waals surface area contributed by atoms with E-state index in [-0.39, 0.29) is 11.3 Å². The molecule has 0 aliphatic carbocycles. The molecular formula is C8H4F3N3O. The Labute approximate surface area is 81.7 Å². The maximum atomic E-state index is 12.5. The van der Waals surface area contributed by atoms with Crippen LogP contribution in [0.15, 0.2) is 29.2 Å². The number of nitrogens with zero attached hydrogens (tertiary/aromatic N) is 3. The Morgan fingerprint density at radius 3 is 2.67 bits per heavy atom. The Bertz CT molecular complexity index is 452. The number of alkyl halides is 3. The second-order valence-electron chi connectivity index (χ2n) is 2.71. The summed E-state index contributed by atoms with van der Waals surface area (Å²) >= 11 is 0. The average Bonchev–Trinajstić information content (AvgIpc) is 2.69. The lowest BCUT2D eigenvalue weighted by atomic mass is 10.1. The second-order valence-corrected chi connectivity index (χ2v) is 2.71. The molecule has 0 aromatic carbocycles. The van der Waals surface area contributed by atoms with Crippen molar-refractivity contribution < 1.29 is 17.7 Å². The van der Waals surface area contributed by atoms with Crippen LogP contribution in [0.4, 0.5) is 13.2 Å². The molecule has 0 unspecified atom stereocenters. The molecule has 0 radical (unpaired) electrons. The van der Waals surface area contributed by atoms with Crippen LogP contribution in [0.5, 0.6) is 0 Å². The molecule has 4 nitrogen and oxygen atoms in total. The van der Waals surface area contributed by atoms with E-state index in [1.165, 1.54) is 0 Å². The molecule has 0 aliphatic heterocycles. The van der Waals surface area contributed by atoms with Crippen LogP contribution in [0, 0.1) is 0 Å². The summed E-state index contributed by atoms with van der Waals surface area (Å²) < 4.78 is 42.0. The van der Waals surface area contributed by atoms with Gasteiger partial charge in [0.05, 0.1) is 5.56 Å². The molecule has 0 spiro atoms. The summed E-state index contributed by atoms with van der Waals surface area (Å²) in [4.78, 5) is 3.61. The van der Waals surface area contributed by atoms with E-state index in [0.29, 0.717) is 0 Å². The molecule has 0 saturated carbocycles. The third-order valence-electron chi connectivity index (χ3n) is 1.76. The number of aromatic nitrogens is 3. The van der Waals surface area contributed by atoms with Crippen molar-refractivity contribution in [1.29, 1.82) is 0 Å². The Morgan fingerprint density at radius 1 is 1.27 bits per heavy atom. The summed E-state index contributed by atoms with van der Waals surface area (Å²) in [6.07, 6.45) is -1.27. The minimum absolute atomic E-state index is 0.00965. The van der Waals surface area contributed by atoms with Crippen LogP contribution < -0.4 is 0 Å². The van der Waals surface area contributed by atoms with Crippen LogP contribution in [0.3, 0.4) is 0 Å². The van der Waals surface area contributed by atoms with E-state index in [9.17, 15) is 13.2 Å². The SMILES string of the molecule is FC(F)(F)c1ccncc1-c1conn1. The van der Waals surface area contributed by atoms with Gasteiger partial charge in [-0.15, -0.1) is 5.10 Å². The first-order valence-electron chi connectivity index (χ1n) is 3.87. The zero-order chi connectivity index (χ0) is 10.9. The van der Waals surface area contributed by atoms with E-state index in [2.05, 4.69) is 19.9 Å². The molecule has 0 atom stereocenters. The van der Waals surface area contributed by atoms with Crippen LogP contribution >= 0.6 is 0 Å². The minimum atomic E-state index is -4.45. The van der Waals surface area contributed by atoms with E-state index in [1.54, 1.807) is 0 Å². The number of pyridine rings is 1. The van der Waals surface area contributed by atoms with Crippen molar-refractivity contribution in [3.63, 3.8) is 0 Å². The van der Waals surface area contributed by atoms with Gasteiger partial charge in [-0.2, -0.15) is 13.2 Å². The summed E-state index contributed by atoms with van der Waals surface area (Å²) in [5.41, 5.74) is -0.949. The molecule has 0 fully saturated rings. The van der Waals surface area contributed by atoms with Gasteiger partial charge in [0.2, 0.25) is 0 Å². The van der Waals surface area contributed by atoms with Gasteiger partial charge in [0, 0.05) is 23.2 Å². The monoisotopic (exact) mass is 215 g/mol. The Kier molecular flexibility index (Phi) is 2.14. The van der Waals surface area contributed by atoms with E-state index >= 15 is 0 Å². The molecule has 0 saturated heterocycles. The van der Waals surface area contributed by atoms with Crippen LogP contribution in [-0.4, -0.2) is 15.4 Å². The van der Waals surface area contributed by atoms with Crippen LogP contribution in [-0.2, 0) is 6.18 Å². The topological polar surface area (TPSA) is 51.8 Å². The van der Waals surface area contributed by atoms with Gasteiger partial charge in [-0.3, -0.25) is 4.98 Å². The van der Waals surface area contributed by atoms with Crippen molar-refractivity contribution in [2.45, 2.75) is 6.18 Å². The number of halogens is 3. The molecule has 15 heavy (non-hydrogen) atoms. The Hall–Kier alpha value is -1.92. The summed E-state index contributed by atoms with van der Waals surface area (Å²) in [7, 11) is 0. The number of hydrogen-bond acceptors (Lipinski definition) is 4. The van der Waals surface area contributed by atoms with Crippen LogP contribution in [0.25, 0.3) is 11.3 Å². The molecule has 0 bridgehead atoms. The zero-order valence-electron chi connectivity index (χ0n) is 7.19. The fraction of sp³-hybridized carbons (Fsp3) is 0.125. The predicted molar refractivity (Wildman–Crippen MR) is 42.5 cm³/mol. The lowest BCUT2D eigenvalue weighted by Crippen LogP contribution is -2.07. The molecular weight excluding hydrogens is 211 g/mol. The first-order valence-corrected chi connectivity index (χ1v) is 3.87. The highest BCUT2D eigenvalue weighted by Crippen LogP contribution is 2.35. The van der Waals surface area contributed by atoms with E-state index in [0.717, 1.165) is 24.7 Å². The first-order chi connectivity index (χ1) is 7.09. The van der Waals surface area contributed by atoms with Gasteiger partial charge in [0.1, 0.15) is 5.69 Å². The highest BCUT2D eigenvalue weighted by molar-refractivity contribution is 5.61. The van der Waals surface area contributed by atoms with Gasteiger partial charge in [-0.25, -0.2) is 0 Å². The zero-order valence-corrected chi connectivity index (χ0v) is 7.19. The number of hydrogen-bond donors (Lipinski definition) is 0. The van der Waals surface area contributed by atoms with Gasteiger partial charge < -0.3 is 4.52 Å². The lowest BCUT2D eigenvalue weighted by molar-refractivity contribution is -0.137. The first kappa shape index (κ1) is 9.63. The van der Waals surface area contributed by atoms with E-state index in [1.807, 2.05) is 0 Å². The normalized spacial score (nSPS) is 11.7. The molecule has 0 N–H and O–H groups in total. The molecule has 0 aliphatic rings. The largest absolute Gasteiger partial charge is 0.417 e. The Balaban J connectivity index is 2.58. The van der Waals surface area contributed by atoms with Gasteiger partial charge in [0.15, 0.2) is 6.26 Å². The molecule has 2 rings (SSSR count). The van der Waals surface area contributed by atoms with Crippen molar-refractivity contribution in [3.8, 4) is 11.3 Å². The molecule has 2 aromatic rings. The van der Waals surface area contributed by atoms with Crippen molar-refractivity contribution in [3.05, 3.63) is 30.3 Å². The molecule has 2 heterocycles. The maximum Gasteiger partial charge on any atom is 0.417 e. The fourth-order valence-electron chi connectivity index (χ4n) is 1.13. The minimum Gasteiger partial charge on any atom is -0.345 e. The van der Waals surface area contributed by atoms with E-state index < -0.39 is 11.7 Å². The van der Waals surface area contributed by atoms with Gasteiger partial charge in [-0.05, 0) is 6.07 Å². The summed E-state index contributed by atoms with van der Waals surface area (Å²) in [6.45, 7) is 0. The van der Waals surface area contributed by atoms with Crippen molar-refractivity contribution >= 4 is 0 Å². The van der Waals surface area contributed by atoms with Crippen LogP contribution in [0.2, 0.25) is 0 Å². The molecule has 0 amide bonds. The average molecular weight is 215 g/mol. The predicted octanol–water partition coefficient (Wildman–Crippen LogP) is 2.15. The molecule has 7 heteroatoms. The van der Waals surface area contributed by atoms with Crippen molar-refractivity contribution in [2.24, 2.45) is 0 Å². The Morgan fingerprint density at radius 2 is 2.07 bits per heavy atom.